The maximum absolute atomic E-state index is 12.9. The molecule has 1 saturated carbocycles. The quantitative estimate of drug-likeness (QED) is 0.853. The Labute approximate surface area is 154 Å². The van der Waals surface area contributed by atoms with Crippen LogP contribution < -0.4 is 10.6 Å². The van der Waals surface area contributed by atoms with Crippen molar-refractivity contribution in [2.45, 2.75) is 25.7 Å². The molecule has 1 aliphatic carbocycles. The van der Waals surface area contributed by atoms with Gasteiger partial charge in [0.15, 0.2) is 0 Å². The van der Waals surface area contributed by atoms with E-state index in [1.54, 1.807) is 6.33 Å². The van der Waals surface area contributed by atoms with Crippen molar-refractivity contribution in [3.8, 4) is 0 Å². The van der Waals surface area contributed by atoms with Gasteiger partial charge in [0.2, 0.25) is 5.91 Å². The van der Waals surface area contributed by atoms with Crippen molar-refractivity contribution in [1.82, 2.24) is 14.9 Å². The van der Waals surface area contributed by atoms with Crippen LogP contribution in [-0.2, 0) is 11.8 Å². The second-order valence-corrected chi connectivity index (χ2v) is 6.74. The van der Waals surface area contributed by atoms with Crippen molar-refractivity contribution in [2.24, 2.45) is 18.4 Å². The first-order chi connectivity index (χ1) is 10.7. The summed E-state index contributed by atoms with van der Waals surface area (Å²) in [6.07, 6.45) is 6.38. The smallest absolute Gasteiger partial charge is 0.232 e. The van der Waals surface area contributed by atoms with Crippen LogP contribution in [-0.4, -0.2) is 28.5 Å². The fraction of sp³-hybridized carbons (Fsp3) is 0.529. The third-order valence-electron chi connectivity index (χ3n) is 5.47. The van der Waals surface area contributed by atoms with Crippen molar-refractivity contribution < 1.29 is 4.79 Å². The van der Waals surface area contributed by atoms with E-state index in [2.05, 4.69) is 15.6 Å². The first-order valence-corrected chi connectivity index (χ1v) is 8.12. The van der Waals surface area contributed by atoms with Crippen LogP contribution >= 0.6 is 24.8 Å². The van der Waals surface area contributed by atoms with Crippen LogP contribution in [0.25, 0.3) is 11.0 Å². The number of anilines is 1. The molecule has 5 nitrogen and oxygen atoms in total. The third-order valence-corrected chi connectivity index (χ3v) is 5.47. The molecule has 1 amide bonds. The van der Waals surface area contributed by atoms with Gasteiger partial charge in [0.1, 0.15) is 0 Å². The third kappa shape index (κ3) is 3.01. The molecule has 2 aliphatic rings. The van der Waals surface area contributed by atoms with Gasteiger partial charge in [-0.05, 0) is 43.5 Å². The number of halogens is 2. The molecule has 1 aliphatic heterocycles. The Morgan fingerprint density at radius 2 is 2.21 bits per heavy atom. The van der Waals surface area contributed by atoms with Gasteiger partial charge < -0.3 is 15.2 Å². The lowest BCUT2D eigenvalue weighted by atomic mass is 9.67. The number of aromatic nitrogens is 2. The molecular weight excluding hydrogens is 347 g/mol. The molecule has 1 saturated heterocycles. The lowest BCUT2D eigenvalue weighted by Gasteiger charge is -2.37. The Morgan fingerprint density at radius 3 is 3.04 bits per heavy atom. The minimum Gasteiger partial charge on any atom is -0.334 e. The molecule has 2 heterocycles. The summed E-state index contributed by atoms with van der Waals surface area (Å²) >= 11 is 0. The van der Waals surface area contributed by atoms with Gasteiger partial charge >= 0.3 is 0 Å². The van der Waals surface area contributed by atoms with Crippen molar-refractivity contribution in [2.75, 3.05) is 18.4 Å². The largest absolute Gasteiger partial charge is 0.334 e. The van der Waals surface area contributed by atoms with Crippen LogP contribution in [0.1, 0.15) is 25.7 Å². The Kier molecular flexibility index (Phi) is 5.78. The van der Waals surface area contributed by atoms with Crippen molar-refractivity contribution in [3.05, 3.63) is 24.5 Å². The summed E-state index contributed by atoms with van der Waals surface area (Å²) in [5, 5.41) is 6.58. The number of hydrogen-bond acceptors (Lipinski definition) is 3. The van der Waals surface area contributed by atoms with E-state index in [-0.39, 0.29) is 36.1 Å². The summed E-state index contributed by atoms with van der Waals surface area (Å²) < 4.78 is 1.98. The van der Waals surface area contributed by atoms with E-state index in [9.17, 15) is 4.79 Å². The molecule has 0 bridgehead atoms. The summed E-state index contributed by atoms with van der Waals surface area (Å²) in [4.78, 5) is 17.3. The number of rotatable bonds is 2. The Hall–Kier alpha value is -1.30. The fourth-order valence-electron chi connectivity index (χ4n) is 4.16. The summed E-state index contributed by atoms with van der Waals surface area (Å²) in [6.45, 7) is 1.79. The Bertz CT molecular complexity index is 732. The maximum Gasteiger partial charge on any atom is 0.232 e. The van der Waals surface area contributed by atoms with Crippen LogP contribution in [0.5, 0.6) is 0 Å². The van der Waals surface area contributed by atoms with Gasteiger partial charge in [-0.1, -0.05) is 12.8 Å². The number of amides is 1. The first kappa shape index (κ1) is 19.0. The number of nitrogens with zero attached hydrogens (tertiary/aromatic N) is 2. The number of aryl methyl sites for hydroxylation is 1. The average molecular weight is 371 g/mol. The van der Waals surface area contributed by atoms with Gasteiger partial charge in [0, 0.05) is 19.3 Å². The molecule has 2 atom stereocenters. The van der Waals surface area contributed by atoms with Crippen LogP contribution in [0, 0.1) is 11.3 Å². The van der Waals surface area contributed by atoms with Crippen molar-refractivity contribution >= 4 is 47.4 Å². The van der Waals surface area contributed by atoms with E-state index >= 15 is 0 Å². The number of carbonyl (C=O) groups is 1. The molecule has 1 aromatic heterocycles. The predicted molar refractivity (Wildman–Crippen MR) is 101 cm³/mol. The predicted octanol–water partition coefficient (Wildman–Crippen LogP) is 3.14. The van der Waals surface area contributed by atoms with Gasteiger partial charge in [-0.25, -0.2) is 4.98 Å². The van der Waals surface area contributed by atoms with Gasteiger partial charge in [0.05, 0.1) is 22.8 Å². The minimum absolute atomic E-state index is 0. The van der Waals surface area contributed by atoms with Crippen LogP contribution in [0.3, 0.4) is 0 Å². The monoisotopic (exact) mass is 370 g/mol. The zero-order valence-corrected chi connectivity index (χ0v) is 15.4. The highest BCUT2D eigenvalue weighted by molar-refractivity contribution is 5.97. The summed E-state index contributed by atoms with van der Waals surface area (Å²) in [7, 11) is 1.98. The maximum atomic E-state index is 12.9. The molecule has 0 radical (unpaired) electrons. The van der Waals surface area contributed by atoms with E-state index in [1.807, 2.05) is 29.8 Å². The lowest BCUT2D eigenvalue weighted by molar-refractivity contribution is -0.128. The van der Waals surface area contributed by atoms with Crippen LogP contribution in [0.15, 0.2) is 24.5 Å². The molecular formula is C17H24Cl2N4O. The molecule has 0 unspecified atom stereocenters. The molecule has 1 aromatic carbocycles. The zero-order valence-electron chi connectivity index (χ0n) is 13.7. The molecule has 2 fully saturated rings. The SMILES string of the molecule is Cl.Cl.Cn1cnc2cc(NC(=O)[C@@]34CCCC[C@H]3CNC4)ccc21. The molecule has 7 heteroatoms. The number of nitrogens with one attached hydrogen (secondary N) is 2. The van der Waals surface area contributed by atoms with E-state index in [1.165, 1.54) is 12.8 Å². The highest BCUT2D eigenvalue weighted by atomic mass is 35.5. The second kappa shape index (κ2) is 7.30. The number of carbonyl (C=O) groups excluding carboxylic acids is 1. The molecule has 2 aromatic rings. The minimum atomic E-state index is -0.211. The van der Waals surface area contributed by atoms with E-state index in [0.717, 1.165) is 42.7 Å². The zero-order chi connectivity index (χ0) is 15.2. The number of fused-ring (bicyclic) bond motifs is 2. The number of imidazole rings is 1. The van der Waals surface area contributed by atoms with Crippen molar-refractivity contribution in [3.63, 3.8) is 0 Å². The standard InChI is InChI=1S/C17H22N4O.2ClH/c1-21-11-19-14-8-13(5-6-15(14)21)20-16(22)17-7-3-2-4-12(17)9-18-10-17;;/h5-6,8,11-12,18H,2-4,7,9-10H2,1H3,(H,20,22);2*1H/t12-,17+;;/m0../s1. The van der Waals surface area contributed by atoms with E-state index in [0.29, 0.717) is 5.92 Å². The normalized spacial score (nSPS) is 25.5. The van der Waals surface area contributed by atoms with Gasteiger partial charge in [-0.15, -0.1) is 24.8 Å². The summed E-state index contributed by atoms with van der Waals surface area (Å²) in [5.74, 6) is 0.664. The highest BCUT2D eigenvalue weighted by Gasteiger charge is 2.49. The first-order valence-electron chi connectivity index (χ1n) is 8.12. The molecule has 132 valence electrons. The van der Waals surface area contributed by atoms with E-state index in [4.69, 9.17) is 0 Å². The molecule has 4 rings (SSSR count). The van der Waals surface area contributed by atoms with Gasteiger partial charge in [0.25, 0.3) is 0 Å². The average Bonchev–Trinajstić information content (AvgIpc) is 3.12. The van der Waals surface area contributed by atoms with Crippen LogP contribution in [0.4, 0.5) is 5.69 Å². The Balaban J connectivity index is 0.00000104. The second-order valence-electron chi connectivity index (χ2n) is 6.74. The molecule has 0 spiro atoms. The number of hydrogen-bond donors (Lipinski definition) is 2. The van der Waals surface area contributed by atoms with Crippen molar-refractivity contribution in [1.29, 1.82) is 0 Å². The Morgan fingerprint density at radius 1 is 1.38 bits per heavy atom. The summed E-state index contributed by atoms with van der Waals surface area (Å²) in [5.41, 5.74) is 2.63. The van der Waals surface area contributed by atoms with Gasteiger partial charge in [-0.2, -0.15) is 0 Å². The van der Waals surface area contributed by atoms with Gasteiger partial charge in [-0.3, -0.25) is 4.79 Å². The van der Waals surface area contributed by atoms with E-state index < -0.39 is 0 Å². The summed E-state index contributed by atoms with van der Waals surface area (Å²) in [6, 6.07) is 5.95. The number of benzene rings is 1. The molecule has 2 N–H and O–H groups in total. The highest BCUT2D eigenvalue weighted by Crippen LogP contribution is 2.44. The van der Waals surface area contributed by atoms with Crippen LogP contribution in [0.2, 0.25) is 0 Å². The lowest BCUT2D eigenvalue weighted by Crippen LogP contribution is -2.44. The topological polar surface area (TPSA) is 59.0 Å². The fourth-order valence-corrected chi connectivity index (χ4v) is 4.16. The molecule has 24 heavy (non-hydrogen) atoms.